The summed E-state index contributed by atoms with van der Waals surface area (Å²) in [4.78, 5) is 3.54. The summed E-state index contributed by atoms with van der Waals surface area (Å²) in [5.74, 6) is 0.964. The number of hydrogen-bond donors (Lipinski definition) is 2. The van der Waals surface area contributed by atoms with E-state index in [0.29, 0.717) is 5.11 Å². The Bertz CT molecular complexity index is 447. The number of halogens is 1. The summed E-state index contributed by atoms with van der Waals surface area (Å²) in [5, 5.41) is 6.89. The molecule has 0 radical (unpaired) electrons. The lowest BCUT2D eigenvalue weighted by atomic mass is 10.4. The average molecular weight is 345 g/mol. The predicted octanol–water partition coefficient (Wildman–Crippen LogP) is 2.06. The fraction of sp³-hybridized carbons (Fsp3) is 0.500. The van der Waals surface area contributed by atoms with Gasteiger partial charge in [-0.05, 0) is 43.5 Å². The molecule has 2 N–H and O–H groups in total. The van der Waals surface area contributed by atoms with Crippen LogP contribution in [0.15, 0.2) is 29.2 Å². The lowest BCUT2D eigenvalue weighted by molar-refractivity contribution is 0.130. The van der Waals surface area contributed by atoms with Gasteiger partial charge < -0.3 is 10.2 Å². The van der Waals surface area contributed by atoms with E-state index in [9.17, 15) is 0 Å². The molecule has 0 atom stereocenters. The number of nitrogens with one attached hydrogen (secondary N) is 2. The Morgan fingerprint density at radius 1 is 1.24 bits per heavy atom. The third kappa shape index (κ3) is 6.40. The molecule has 21 heavy (non-hydrogen) atoms. The van der Waals surface area contributed by atoms with Gasteiger partial charge >= 0.3 is 0 Å². The standard InChI is InChI=1S/C14H21ClN4S2/c1-18-7-9-19(10-8-18)17-14(20)16-6-11-21-13-4-2-12(15)3-5-13/h2-5H,6-11H2,1H3,(H2,16,17,20). The lowest BCUT2D eigenvalue weighted by Gasteiger charge is -2.33. The van der Waals surface area contributed by atoms with Gasteiger partial charge in [0.25, 0.3) is 0 Å². The molecule has 1 saturated heterocycles. The fourth-order valence-corrected chi connectivity index (χ4v) is 3.09. The first-order chi connectivity index (χ1) is 10.1. The Morgan fingerprint density at radius 2 is 1.90 bits per heavy atom. The summed E-state index contributed by atoms with van der Waals surface area (Å²) in [6.07, 6.45) is 0. The van der Waals surface area contributed by atoms with Crippen molar-refractivity contribution in [2.24, 2.45) is 0 Å². The summed E-state index contributed by atoms with van der Waals surface area (Å²) < 4.78 is 0. The van der Waals surface area contributed by atoms with Gasteiger partial charge in [0.15, 0.2) is 5.11 Å². The van der Waals surface area contributed by atoms with Crippen molar-refractivity contribution < 1.29 is 0 Å². The van der Waals surface area contributed by atoms with Gasteiger partial charge in [0, 0.05) is 48.4 Å². The van der Waals surface area contributed by atoms with Crippen molar-refractivity contribution in [1.29, 1.82) is 0 Å². The number of nitrogens with zero attached hydrogens (tertiary/aromatic N) is 2. The molecule has 2 rings (SSSR count). The third-order valence-electron chi connectivity index (χ3n) is 3.23. The Kier molecular flexibility index (Phi) is 7.06. The normalized spacial score (nSPS) is 16.7. The van der Waals surface area contributed by atoms with Crippen LogP contribution in [0, 0.1) is 0 Å². The highest BCUT2D eigenvalue weighted by atomic mass is 35.5. The van der Waals surface area contributed by atoms with E-state index in [0.717, 1.165) is 43.5 Å². The summed E-state index contributed by atoms with van der Waals surface area (Å²) in [6, 6.07) is 7.90. The topological polar surface area (TPSA) is 30.5 Å². The summed E-state index contributed by atoms with van der Waals surface area (Å²) in [6.45, 7) is 4.98. The van der Waals surface area contributed by atoms with E-state index in [1.807, 2.05) is 24.3 Å². The smallest absolute Gasteiger partial charge is 0.181 e. The summed E-state index contributed by atoms with van der Waals surface area (Å²) in [7, 11) is 2.14. The first-order valence-corrected chi connectivity index (χ1v) is 8.77. The van der Waals surface area contributed by atoms with E-state index in [1.165, 1.54) is 4.90 Å². The number of thiocarbonyl (C=S) groups is 1. The Morgan fingerprint density at radius 3 is 2.57 bits per heavy atom. The van der Waals surface area contributed by atoms with Gasteiger partial charge in [-0.2, -0.15) is 0 Å². The maximum absolute atomic E-state index is 5.86. The van der Waals surface area contributed by atoms with Crippen LogP contribution in [0.2, 0.25) is 5.02 Å². The quantitative estimate of drug-likeness (QED) is 0.483. The Hall–Kier alpha value is -0.530. The summed E-state index contributed by atoms with van der Waals surface area (Å²) in [5.41, 5.74) is 3.25. The molecule has 0 aromatic heterocycles. The molecule has 1 aliphatic heterocycles. The number of piperazine rings is 1. The zero-order valence-electron chi connectivity index (χ0n) is 12.1. The van der Waals surface area contributed by atoms with Crippen molar-refractivity contribution in [3.8, 4) is 0 Å². The summed E-state index contributed by atoms with van der Waals surface area (Å²) >= 11 is 13.0. The molecule has 1 fully saturated rings. The van der Waals surface area contributed by atoms with Gasteiger partial charge in [0.2, 0.25) is 0 Å². The molecule has 7 heteroatoms. The molecule has 116 valence electrons. The van der Waals surface area contributed by atoms with Gasteiger partial charge in [-0.15, -0.1) is 11.8 Å². The molecule has 1 aromatic carbocycles. The minimum atomic E-state index is 0.705. The van der Waals surface area contributed by atoms with E-state index < -0.39 is 0 Å². The van der Waals surface area contributed by atoms with Crippen LogP contribution >= 0.6 is 35.6 Å². The second-order valence-electron chi connectivity index (χ2n) is 4.96. The highest BCUT2D eigenvalue weighted by Gasteiger charge is 2.13. The number of thioether (sulfide) groups is 1. The average Bonchev–Trinajstić information content (AvgIpc) is 2.48. The molecule has 0 amide bonds. The van der Waals surface area contributed by atoms with Gasteiger partial charge in [0.05, 0.1) is 0 Å². The van der Waals surface area contributed by atoms with E-state index in [1.54, 1.807) is 11.8 Å². The van der Waals surface area contributed by atoms with Crippen LogP contribution in [0.25, 0.3) is 0 Å². The van der Waals surface area contributed by atoms with Gasteiger partial charge in [0.1, 0.15) is 0 Å². The van der Waals surface area contributed by atoms with Crippen LogP contribution < -0.4 is 10.7 Å². The number of likely N-dealkylation sites (N-methyl/N-ethyl adjacent to an activating group) is 1. The van der Waals surface area contributed by atoms with Crippen LogP contribution in [0.1, 0.15) is 0 Å². The van der Waals surface area contributed by atoms with Gasteiger partial charge in [-0.1, -0.05) is 11.6 Å². The minimum Gasteiger partial charge on any atom is -0.361 e. The third-order valence-corrected chi connectivity index (χ3v) is 4.73. The van der Waals surface area contributed by atoms with Gasteiger partial charge in [-0.3, -0.25) is 5.43 Å². The van der Waals surface area contributed by atoms with Crippen LogP contribution in [0.5, 0.6) is 0 Å². The van der Waals surface area contributed by atoms with E-state index >= 15 is 0 Å². The molecular weight excluding hydrogens is 324 g/mol. The van der Waals surface area contributed by atoms with Crippen molar-refractivity contribution in [3.63, 3.8) is 0 Å². The van der Waals surface area contributed by atoms with Crippen LogP contribution in [0.4, 0.5) is 0 Å². The lowest BCUT2D eigenvalue weighted by Crippen LogP contribution is -2.54. The van der Waals surface area contributed by atoms with Crippen molar-refractivity contribution in [1.82, 2.24) is 20.7 Å². The molecule has 0 unspecified atom stereocenters. The zero-order chi connectivity index (χ0) is 15.1. The second kappa shape index (κ2) is 8.80. The molecular formula is C14H21ClN4S2. The van der Waals surface area contributed by atoms with Crippen molar-refractivity contribution in [2.75, 3.05) is 45.5 Å². The highest BCUT2D eigenvalue weighted by Crippen LogP contribution is 2.19. The van der Waals surface area contributed by atoms with Crippen molar-refractivity contribution in [3.05, 3.63) is 29.3 Å². The molecule has 0 spiro atoms. The fourth-order valence-electron chi connectivity index (χ4n) is 1.97. The maximum atomic E-state index is 5.86. The van der Waals surface area contributed by atoms with Gasteiger partial charge in [-0.25, -0.2) is 5.01 Å². The molecule has 1 heterocycles. The number of benzene rings is 1. The molecule has 0 saturated carbocycles. The largest absolute Gasteiger partial charge is 0.361 e. The SMILES string of the molecule is CN1CCN(NC(=S)NCCSc2ccc(Cl)cc2)CC1. The Balaban J connectivity index is 1.58. The van der Waals surface area contributed by atoms with Crippen LogP contribution in [-0.4, -0.2) is 60.5 Å². The zero-order valence-corrected chi connectivity index (χ0v) is 14.5. The molecule has 4 nitrogen and oxygen atoms in total. The molecule has 0 aliphatic carbocycles. The molecule has 0 bridgehead atoms. The van der Waals surface area contributed by atoms with Crippen LogP contribution in [-0.2, 0) is 0 Å². The number of rotatable bonds is 5. The first-order valence-electron chi connectivity index (χ1n) is 7.00. The second-order valence-corrected chi connectivity index (χ2v) is 6.97. The highest BCUT2D eigenvalue weighted by molar-refractivity contribution is 7.99. The van der Waals surface area contributed by atoms with Crippen molar-refractivity contribution in [2.45, 2.75) is 4.90 Å². The van der Waals surface area contributed by atoms with E-state index in [-0.39, 0.29) is 0 Å². The van der Waals surface area contributed by atoms with Crippen LogP contribution in [0.3, 0.4) is 0 Å². The Labute approximate surface area is 141 Å². The number of hydrogen-bond acceptors (Lipinski definition) is 4. The minimum absolute atomic E-state index is 0.705. The number of hydrazine groups is 1. The van der Waals surface area contributed by atoms with Crippen molar-refractivity contribution >= 4 is 40.7 Å². The maximum Gasteiger partial charge on any atom is 0.181 e. The predicted molar refractivity (Wildman–Crippen MR) is 95.0 cm³/mol. The molecule has 1 aliphatic rings. The van der Waals surface area contributed by atoms with E-state index in [2.05, 4.69) is 27.7 Å². The first kappa shape index (κ1) is 16.8. The molecule has 1 aromatic rings. The van der Waals surface area contributed by atoms with E-state index in [4.69, 9.17) is 23.8 Å². The monoisotopic (exact) mass is 344 g/mol.